The van der Waals surface area contributed by atoms with Gasteiger partial charge in [-0.2, -0.15) is 0 Å². The number of nitrogens with zero attached hydrogens (tertiary/aromatic N) is 1. The Bertz CT molecular complexity index is 707. The summed E-state index contributed by atoms with van der Waals surface area (Å²) >= 11 is 0. The van der Waals surface area contributed by atoms with Gasteiger partial charge in [-0.1, -0.05) is 19.3 Å². The molecule has 0 amide bonds. The Kier molecular flexibility index (Phi) is 4.86. The highest BCUT2D eigenvalue weighted by Gasteiger charge is 2.25. The summed E-state index contributed by atoms with van der Waals surface area (Å²) in [6, 6.07) is 6.04. The zero-order valence-electron chi connectivity index (χ0n) is 13.9. The first-order chi connectivity index (χ1) is 11.3. The maximum absolute atomic E-state index is 5.77. The molecule has 3 N–H and O–H groups in total. The minimum Gasteiger partial charge on any atom is -0.467 e. The van der Waals surface area contributed by atoms with Gasteiger partial charge in [-0.3, -0.25) is 4.98 Å². The van der Waals surface area contributed by atoms with E-state index in [-0.39, 0.29) is 0 Å². The Balaban J connectivity index is 1.93. The molecule has 2 aromatic rings. The van der Waals surface area contributed by atoms with E-state index in [0.717, 1.165) is 42.1 Å². The zero-order chi connectivity index (χ0) is 16.2. The van der Waals surface area contributed by atoms with Crippen LogP contribution in [0.1, 0.15) is 43.8 Å². The zero-order valence-corrected chi connectivity index (χ0v) is 13.9. The molecule has 0 aromatic carbocycles. The molecule has 0 unspecified atom stereocenters. The summed E-state index contributed by atoms with van der Waals surface area (Å²) < 4.78 is 5.42. The molecule has 23 heavy (non-hydrogen) atoms. The van der Waals surface area contributed by atoms with Gasteiger partial charge in [0.05, 0.1) is 18.5 Å². The van der Waals surface area contributed by atoms with Crippen LogP contribution in [0.15, 0.2) is 34.4 Å². The van der Waals surface area contributed by atoms with Gasteiger partial charge < -0.3 is 15.5 Å². The SMILES string of the molecule is CCC1=C(CCN)[B]c2c(NCc3ccco3)cc(CC)nc21. The molecule has 0 fully saturated rings. The summed E-state index contributed by atoms with van der Waals surface area (Å²) in [6.07, 6.45) is 4.51. The Morgan fingerprint density at radius 1 is 1.30 bits per heavy atom. The monoisotopic (exact) mass is 308 g/mol. The average molecular weight is 308 g/mol. The van der Waals surface area contributed by atoms with Crippen molar-refractivity contribution in [2.24, 2.45) is 5.73 Å². The summed E-state index contributed by atoms with van der Waals surface area (Å²) in [5.74, 6) is 0.928. The second-order valence-electron chi connectivity index (χ2n) is 5.75. The van der Waals surface area contributed by atoms with Crippen molar-refractivity contribution < 1.29 is 4.42 Å². The van der Waals surface area contributed by atoms with E-state index in [1.54, 1.807) is 6.26 Å². The molecule has 2 aromatic heterocycles. The van der Waals surface area contributed by atoms with Gasteiger partial charge in [0.1, 0.15) is 5.76 Å². The van der Waals surface area contributed by atoms with E-state index in [4.69, 9.17) is 15.1 Å². The highest BCUT2D eigenvalue weighted by molar-refractivity contribution is 6.67. The van der Waals surface area contributed by atoms with Crippen LogP contribution in [-0.2, 0) is 13.0 Å². The third-order valence-corrected chi connectivity index (χ3v) is 4.27. The molecule has 119 valence electrons. The molecule has 1 radical (unpaired) electrons. The molecular formula is C18H23BN3O. The first kappa shape index (κ1) is 15.9. The lowest BCUT2D eigenvalue weighted by molar-refractivity contribution is 0.518. The van der Waals surface area contributed by atoms with Crippen molar-refractivity contribution >= 4 is 24.0 Å². The van der Waals surface area contributed by atoms with Crippen molar-refractivity contribution in [3.63, 3.8) is 0 Å². The molecular weight excluding hydrogens is 285 g/mol. The van der Waals surface area contributed by atoms with Gasteiger partial charge in [0, 0.05) is 11.4 Å². The van der Waals surface area contributed by atoms with Crippen molar-refractivity contribution in [2.75, 3.05) is 11.9 Å². The van der Waals surface area contributed by atoms with Gasteiger partial charge in [0.15, 0.2) is 7.28 Å². The Hall–Kier alpha value is -2.01. The summed E-state index contributed by atoms with van der Waals surface area (Å²) in [5, 5.41) is 3.51. The van der Waals surface area contributed by atoms with Crippen molar-refractivity contribution in [1.82, 2.24) is 4.98 Å². The third kappa shape index (κ3) is 3.20. The number of fused-ring (bicyclic) bond motifs is 1. The molecule has 0 aliphatic carbocycles. The first-order valence-electron chi connectivity index (χ1n) is 8.34. The van der Waals surface area contributed by atoms with E-state index in [2.05, 4.69) is 32.5 Å². The summed E-state index contributed by atoms with van der Waals surface area (Å²) in [4.78, 5) is 4.87. The summed E-state index contributed by atoms with van der Waals surface area (Å²) in [5.41, 5.74) is 13.0. The molecule has 1 aliphatic rings. The van der Waals surface area contributed by atoms with Gasteiger partial charge in [0.25, 0.3) is 0 Å². The van der Waals surface area contributed by atoms with Gasteiger partial charge >= 0.3 is 0 Å². The van der Waals surface area contributed by atoms with Crippen LogP contribution in [0.5, 0.6) is 0 Å². The molecule has 0 atom stereocenters. The van der Waals surface area contributed by atoms with Crippen molar-refractivity contribution in [3.8, 4) is 0 Å². The van der Waals surface area contributed by atoms with E-state index in [0.29, 0.717) is 13.1 Å². The first-order valence-corrected chi connectivity index (χ1v) is 8.34. The van der Waals surface area contributed by atoms with Crippen LogP contribution < -0.4 is 16.5 Å². The quantitative estimate of drug-likeness (QED) is 0.772. The van der Waals surface area contributed by atoms with E-state index < -0.39 is 0 Å². The second kappa shape index (κ2) is 7.05. The molecule has 3 heterocycles. The average Bonchev–Trinajstić information content (AvgIpc) is 3.19. The smallest absolute Gasteiger partial charge is 0.192 e. The Labute approximate surface area is 138 Å². The normalized spacial score (nSPS) is 13.2. The highest BCUT2D eigenvalue weighted by Crippen LogP contribution is 2.29. The van der Waals surface area contributed by atoms with Gasteiger partial charge in [-0.15, -0.1) is 0 Å². The molecule has 0 bridgehead atoms. The number of hydrogen-bond donors (Lipinski definition) is 2. The fourth-order valence-electron chi connectivity index (χ4n) is 3.09. The molecule has 4 nitrogen and oxygen atoms in total. The molecule has 0 saturated carbocycles. The van der Waals surface area contributed by atoms with Crippen LogP contribution in [0.4, 0.5) is 5.69 Å². The van der Waals surface area contributed by atoms with Crippen LogP contribution in [0, 0.1) is 0 Å². The maximum Gasteiger partial charge on any atom is 0.192 e. The molecule has 5 heteroatoms. The van der Waals surface area contributed by atoms with E-state index in [1.165, 1.54) is 16.5 Å². The molecule has 0 saturated heterocycles. The highest BCUT2D eigenvalue weighted by atomic mass is 16.3. The van der Waals surface area contributed by atoms with Crippen LogP contribution in [0.2, 0.25) is 0 Å². The molecule has 0 spiro atoms. The van der Waals surface area contributed by atoms with E-state index in [9.17, 15) is 0 Å². The fraction of sp³-hybridized carbons (Fsp3) is 0.389. The van der Waals surface area contributed by atoms with Gasteiger partial charge in [-0.05, 0) is 55.0 Å². The predicted molar refractivity (Wildman–Crippen MR) is 95.9 cm³/mol. The third-order valence-electron chi connectivity index (χ3n) is 4.27. The number of hydrogen-bond acceptors (Lipinski definition) is 4. The van der Waals surface area contributed by atoms with Crippen LogP contribution in [-0.4, -0.2) is 18.8 Å². The minimum absolute atomic E-state index is 0.666. The van der Waals surface area contributed by atoms with Crippen molar-refractivity contribution in [3.05, 3.63) is 47.1 Å². The number of nitrogens with two attached hydrogens (primary N) is 1. The maximum atomic E-state index is 5.77. The molecule has 3 rings (SSSR count). The lowest BCUT2D eigenvalue weighted by Gasteiger charge is -2.13. The lowest BCUT2D eigenvalue weighted by atomic mass is 9.65. The number of furan rings is 1. The Morgan fingerprint density at radius 2 is 2.17 bits per heavy atom. The fourth-order valence-corrected chi connectivity index (χ4v) is 3.09. The number of rotatable bonds is 7. The van der Waals surface area contributed by atoms with E-state index in [1.807, 2.05) is 12.1 Å². The second-order valence-corrected chi connectivity index (χ2v) is 5.75. The summed E-state index contributed by atoms with van der Waals surface area (Å²) in [7, 11) is 2.25. The summed E-state index contributed by atoms with van der Waals surface area (Å²) in [6.45, 7) is 5.66. The Morgan fingerprint density at radius 3 is 2.83 bits per heavy atom. The topological polar surface area (TPSA) is 64.1 Å². The van der Waals surface area contributed by atoms with E-state index >= 15 is 0 Å². The largest absolute Gasteiger partial charge is 0.467 e. The predicted octanol–water partition coefficient (Wildman–Crippen LogP) is 2.66. The number of nitrogens with one attached hydrogen (secondary N) is 1. The van der Waals surface area contributed by atoms with Crippen molar-refractivity contribution in [1.29, 1.82) is 0 Å². The van der Waals surface area contributed by atoms with Crippen LogP contribution in [0.3, 0.4) is 0 Å². The van der Waals surface area contributed by atoms with Gasteiger partial charge in [-0.25, -0.2) is 0 Å². The number of aromatic nitrogens is 1. The number of allylic oxidation sites excluding steroid dienone is 1. The van der Waals surface area contributed by atoms with Crippen molar-refractivity contribution in [2.45, 2.75) is 39.7 Å². The van der Waals surface area contributed by atoms with Crippen LogP contribution in [0.25, 0.3) is 5.57 Å². The number of anilines is 1. The molecule has 1 aliphatic heterocycles. The number of aryl methyl sites for hydroxylation is 1. The minimum atomic E-state index is 0.666. The standard InChI is InChI=1S/C18H23BN3O/c1-3-12-10-16(21-11-13-6-5-9-23-13)17-18(22-12)14(4-2)15(19-17)7-8-20/h5-6,9-10H,3-4,7-8,11,20H2,1-2H3,(H,21,22). The lowest BCUT2D eigenvalue weighted by Crippen LogP contribution is -2.22. The van der Waals surface area contributed by atoms with Gasteiger partial charge in [0.2, 0.25) is 0 Å². The van der Waals surface area contributed by atoms with Crippen LogP contribution >= 0.6 is 0 Å². The number of pyridine rings is 1.